The SMILES string of the molecule is C=CCOC(=O)C(C)(C)COC(=O)OC(C)Cl. The van der Waals surface area contributed by atoms with Crippen molar-refractivity contribution < 1.29 is 23.8 Å². The molecule has 17 heavy (non-hydrogen) atoms. The summed E-state index contributed by atoms with van der Waals surface area (Å²) in [6.45, 7) is 8.06. The Bertz CT molecular complexity index is 286. The van der Waals surface area contributed by atoms with E-state index in [1.54, 1.807) is 13.8 Å². The molecule has 0 amide bonds. The van der Waals surface area contributed by atoms with Gasteiger partial charge in [-0.1, -0.05) is 24.3 Å². The fourth-order valence-corrected chi connectivity index (χ4v) is 0.868. The lowest BCUT2D eigenvalue weighted by molar-refractivity contribution is -0.155. The van der Waals surface area contributed by atoms with Crippen LogP contribution in [0.5, 0.6) is 0 Å². The van der Waals surface area contributed by atoms with Crippen LogP contribution in [0.25, 0.3) is 0 Å². The third-order valence-corrected chi connectivity index (χ3v) is 1.78. The molecule has 0 rings (SSSR count). The Morgan fingerprint density at radius 2 is 2.00 bits per heavy atom. The second-order valence-electron chi connectivity index (χ2n) is 3.97. The molecule has 6 heteroatoms. The molecule has 0 aromatic heterocycles. The van der Waals surface area contributed by atoms with Crippen molar-refractivity contribution in [1.29, 1.82) is 0 Å². The van der Waals surface area contributed by atoms with Gasteiger partial charge in [0.15, 0.2) is 5.56 Å². The highest BCUT2D eigenvalue weighted by Gasteiger charge is 2.31. The van der Waals surface area contributed by atoms with Gasteiger partial charge in [0.25, 0.3) is 0 Å². The van der Waals surface area contributed by atoms with Gasteiger partial charge in [-0.3, -0.25) is 4.79 Å². The molecule has 0 aliphatic carbocycles. The van der Waals surface area contributed by atoms with Gasteiger partial charge >= 0.3 is 12.1 Å². The summed E-state index contributed by atoms with van der Waals surface area (Å²) in [5.41, 5.74) is -1.73. The number of esters is 1. The lowest BCUT2D eigenvalue weighted by atomic mass is 9.95. The Kier molecular flexibility index (Phi) is 6.65. The van der Waals surface area contributed by atoms with Gasteiger partial charge in [0, 0.05) is 0 Å². The fraction of sp³-hybridized carbons (Fsp3) is 0.636. The van der Waals surface area contributed by atoms with E-state index in [0.29, 0.717) is 0 Å². The quantitative estimate of drug-likeness (QED) is 0.419. The summed E-state index contributed by atoms with van der Waals surface area (Å²) in [5, 5.41) is 0. The van der Waals surface area contributed by atoms with E-state index in [9.17, 15) is 9.59 Å². The summed E-state index contributed by atoms with van der Waals surface area (Å²) < 4.78 is 14.1. The number of carbonyl (C=O) groups excluding carboxylic acids is 2. The minimum Gasteiger partial charge on any atom is -0.461 e. The molecule has 0 aromatic rings. The molecule has 0 heterocycles. The molecule has 1 atom stereocenters. The van der Waals surface area contributed by atoms with Crippen LogP contribution in [0.15, 0.2) is 12.7 Å². The van der Waals surface area contributed by atoms with E-state index in [1.165, 1.54) is 13.0 Å². The lowest BCUT2D eigenvalue weighted by Crippen LogP contribution is -2.33. The summed E-state index contributed by atoms with van der Waals surface area (Å²) in [5.74, 6) is -0.482. The molecule has 0 bridgehead atoms. The number of hydrogen-bond donors (Lipinski definition) is 0. The zero-order valence-corrected chi connectivity index (χ0v) is 11.0. The van der Waals surface area contributed by atoms with Gasteiger partial charge in [-0.05, 0) is 20.8 Å². The van der Waals surface area contributed by atoms with Gasteiger partial charge in [-0.2, -0.15) is 0 Å². The maximum absolute atomic E-state index is 11.5. The Labute approximate surface area is 106 Å². The number of hydrogen-bond acceptors (Lipinski definition) is 5. The molecule has 0 fully saturated rings. The summed E-state index contributed by atoms with van der Waals surface area (Å²) in [6.07, 6.45) is 0.537. The summed E-state index contributed by atoms with van der Waals surface area (Å²) in [7, 11) is 0. The van der Waals surface area contributed by atoms with E-state index < -0.39 is 23.1 Å². The second kappa shape index (κ2) is 7.17. The Hall–Kier alpha value is -1.23. The number of ether oxygens (including phenoxy) is 3. The van der Waals surface area contributed by atoms with Gasteiger partial charge in [-0.15, -0.1) is 0 Å². The topological polar surface area (TPSA) is 61.8 Å². The molecule has 98 valence electrons. The van der Waals surface area contributed by atoms with Gasteiger partial charge in [-0.25, -0.2) is 4.79 Å². The maximum atomic E-state index is 11.5. The zero-order chi connectivity index (χ0) is 13.5. The van der Waals surface area contributed by atoms with Crippen molar-refractivity contribution in [2.45, 2.75) is 26.3 Å². The molecule has 0 saturated heterocycles. The van der Waals surface area contributed by atoms with Crippen molar-refractivity contribution in [2.24, 2.45) is 5.41 Å². The summed E-state index contributed by atoms with van der Waals surface area (Å²) >= 11 is 5.43. The highest BCUT2D eigenvalue weighted by molar-refractivity contribution is 6.19. The smallest absolute Gasteiger partial charge is 0.461 e. The van der Waals surface area contributed by atoms with Crippen molar-refractivity contribution in [3.8, 4) is 0 Å². The van der Waals surface area contributed by atoms with Crippen LogP contribution in [-0.2, 0) is 19.0 Å². The average molecular weight is 265 g/mol. The van der Waals surface area contributed by atoms with Crippen molar-refractivity contribution in [3.63, 3.8) is 0 Å². The van der Waals surface area contributed by atoms with Crippen LogP contribution in [0.1, 0.15) is 20.8 Å². The molecule has 0 saturated carbocycles. The molecular formula is C11H17ClO5. The van der Waals surface area contributed by atoms with Crippen LogP contribution in [-0.4, -0.2) is 30.9 Å². The molecule has 0 N–H and O–H groups in total. The van der Waals surface area contributed by atoms with Crippen LogP contribution < -0.4 is 0 Å². The number of halogens is 1. The largest absolute Gasteiger partial charge is 0.509 e. The van der Waals surface area contributed by atoms with Crippen LogP contribution in [0, 0.1) is 5.41 Å². The summed E-state index contributed by atoms with van der Waals surface area (Å²) in [4.78, 5) is 22.6. The van der Waals surface area contributed by atoms with Crippen LogP contribution >= 0.6 is 11.6 Å². The van der Waals surface area contributed by atoms with Crippen molar-refractivity contribution >= 4 is 23.7 Å². The van der Waals surface area contributed by atoms with Gasteiger partial charge in [0.1, 0.15) is 13.2 Å². The highest BCUT2D eigenvalue weighted by atomic mass is 35.5. The summed E-state index contributed by atoms with van der Waals surface area (Å²) in [6, 6.07) is 0. The molecule has 0 aliphatic heterocycles. The van der Waals surface area contributed by atoms with E-state index in [-0.39, 0.29) is 13.2 Å². The van der Waals surface area contributed by atoms with Gasteiger partial charge in [0.05, 0.1) is 5.41 Å². The van der Waals surface area contributed by atoms with Gasteiger partial charge < -0.3 is 14.2 Å². The average Bonchev–Trinajstić information content (AvgIpc) is 2.22. The van der Waals surface area contributed by atoms with E-state index in [4.69, 9.17) is 21.1 Å². The van der Waals surface area contributed by atoms with E-state index >= 15 is 0 Å². The Morgan fingerprint density at radius 1 is 1.41 bits per heavy atom. The third kappa shape index (κ3) is 6.84. The third-order valence-electron chi connectivity index (χ3n) is 1.69. The van der Waals surface area contributed by atoms with Crippen LogP contribution in [0.2, 0.25) is 0 Å². The zero-order valence-electron chi connectivity index (χ0n) is 10.2. The normalized spacial score (nSPS) is 12.5. The van der Waals surface area contributed by atoms with E-state index in [0.717, 1.165) is 0 Å². The van der Waals surface area contributed by atoms with Crippen LogP contribution in [0.3, 0.4) is 0 Å². The van der Waals surface area contributed by atoms with Crippen molar-refractivity contribution in [1.82, 2.24) is 0 Å². The molecule has 5 nitrogen and oxygen atoms in total. The van der Waals surface area contributed by atoms with E-state index in [2.05, 4.69) is 11.3 Å². The first-order valence-electron chi connectivity index (χ1n) is 5.05. The minimum absolute atomic E-state index is 0.116. The number of rotatable bonds is 6. The first-order valence-corrected chi connectivity index (χ1v) is 5.49. The first kappa shape index (κ1) is 15.8. The highest BCUT2D eigenvalue weighted by Crippen LogP contribution is 2.18. The Balaban J connectivity index is 4.11. The van der Waals surface area contributed by atoms with Crippen molar-refractivity contribution in [3.05, 3.63) is 12.7 Å². The minimum atomic E-state index is -0.947. The molecule has 1 unspecified atom stereocenters. The molecule has 0 radical (unpaired) electrons. The standard InChI is InChI=1S/C11H17ClO5/c1-5-6-15-9(13)11(3,4)7-16-10(14)17-8(2)12/h5,8H,1,6-7H2,2-4H3. The Morgan fingerprint density at radius 3 is 2.47 bits per heavy atom. The molecule has 0 spiro atoms. The number of alkyl halides is 1. The lowest BCUT2D eigenvalue weighted by Gasteiger charge is -2.21. The first-order chi connectivity index (χ1) is 7.79. The van der Waals surface area contributed by atoms with Gasteiger partial charge in [0.2, 0.25) is 0 Å². The predicted octanol–water partition coefficient (Wildman–Crippen LogP) is 2.48. The molecule has 0 aromatic carbocycles. The monoisotopic (exact) mass is 264 g/mol. The predicted molar refractivity (Wildman–Crippen MR) is 62.7 cm³/mol. The van der Waals surface area contributed by atoms with E-state index in [1.807, 2.05) is 0 Å². The molecular weight excluding hydrogens is 248 g/mol. The van der Waals surface area contributed by atoms with Crippen molar-refractivity contribution in [2.75, 3.05) is 13.2 Å². The maximum Gasteiger partial charge on any atom is 0.509 e. The molecule has 0 aliphatic rings. The fourth-order valence-electron chi connectivity index (χ4n) is 0.795. The number of carbonyl (C=O) groups is 2. The second-order valence-corrected chi connectivity index (χ2v) is 4.59. The van der Waals surface area contributed by atoms with Crippen LogP contribution in [0.4, 0.5) is 4.79 Å².